The molecular formula is C21H20ClN3O4. The largest absolute Gasteiger partial charge is 0.496 e. The fourth-order valence-corrected chi connectivity index (χ4v) is 3.54. The molecule has 1 aliphatic heterocycles. The summed E-state index contributed by atoms with van der Waals surface area (Å²) in [7, 11) is 1.61. The van der Waals surface area contributed by atoms with Gasteiger partial charge in [0.15, 0.2) is 11.5 Å². The number of nitrogens with one attached hydrogen (secondary N) is 1. The van der Waals surface area contributed by atoms with E-state index in [2.05, 4.69) is 10.3 Å². The first kappa shape index (κ1) is 19.1. The van der Waals surface area contributed by atoms with Gasteiger partial charge in [0.2, 0.25) is 12.7 Å². The van der Waals surface area contributed by atoms with Crippen molar-refractivity contribution in [3.05, 3.63) is 47.7 Å². The van der Waals surface area contributed by atoms with Crippen molar-refractivity contribution in [3.8, 4) is 39.8 Å². The Balaban J connectivity index is 1.87. The van der Waals surface area contributed by atoms with Crippen LogP contribution in [0.5, 0.6) is 17.2 Å². The van der Waals surface area contributed by atoms with Crippen LogP contribution in [0.25, 0.3) is 22.5 Å². The first-order chi connectivity index (χ1) is 14.1. The molecule has 0 radical (unpaired) electrons. The molecule has 0 bridgehead atoms. The Labute approximate surface area is 173 Å². The van der Waals surface area contributed by atoms with Gasteiger partial charge in [0.25, 0.3) is 0 Å². The highest BCUT2D eigenvalue weighted by molar-refractivity contribution is 6.33. The Bertz CT molecular complexity index is 1060. The molecular weight excluding hydrogens is 394 g/mol. The number of hydrogen-bond donors (Lipinski definition) is 1. The van der Waals surface area contributed by atoms with Crippen LogP contribution in [0.15, 0.2) is 42.7 Å². The van der Waals surface area contributed by atoms with E-state index in [0.29, 0.717) is 35.4 Å². The Morgan fingerprint density at radius 3 is 2.72 bits per heavy atom. The molecule has 1 amide bonds. The van der Waals surface area contributed by atoms with Crippen molar-refractivity contribution < 1.29 is 19.0 Å². The number of nitrogens with zero attached hydrogens (tertiary/aromatic N) is 2. The van der Waals surface area contributed by atoms with Crippen LogP contribution in [-0.4, -0.2) is 35.9 Å². The van der Waals surface area contributed by atoms with Gasteiger partial charge in [0, 0.05) is 37.2 Å². The van der Waals surface area contributed by atoms with E-state index in [-0.39, 0.29) is 12.7 Å². The lowest BCUT2D eigenvalue weighted by atomic mass is 10.0. The Kier molecular flexibility index (Phi) is 5.31. The number of carbonyl (C=O) groups excluding carboxylic acids is 1. The van der Waals surface area contributed by atoms with E-state index in [1.165, 1.54) is 6.92 Å². The van der Waals surface area contributed by atoms with Crippen molar-refractivity contribution in [1.29, 1.82) is 0 Å². The van der Waals surface area contributed by atoms with Gasteiger partial charge in [-0.3, -0.25) is 4.79 Å². The predicted octanol–water partition coefficient (Wildman–Crippen LogP) is 3.74. The summed E-state index contributed by atoms with van der Waals surface area (Å²) in [6.45, 7) is 2.66. The predicted molar refractivity (Wildman–Crippen MR) is 109 cm³/mol. The maximum absolute atomic E-state index is 11.3. The molecule has 2 aromatic carbocycles. The van der Waals surface area contributed by atoms with E-state index >= 15 is 0 Å². The van der Waals surface area contributed by atoms with E-state index in [4.69, 9.17) is 25.8 Å². The summed E-state index contributed by atoms with van der Waals surface area (Å²) in [6.07, 6.45) is 1.74. The molecule has 150 valence electrons. The highest BCUT2D eigenvalue weighted by atomic mass is 35.5. The normalized spacial score (nSPS) is 12.1. The van der Waals surface area contributed by atoms with E-state index in [1.54, 1.807) is 19.5 Å². The van der Waals surface area contributed by atoms with Crippen LogP contribution in [0.1, 0.15) is 6.92 Å². The molecule has 1 aromatic heterocycles. The first-order valence-electron chi connectivity index (χ1n) is 9.11. The zero-order valence-electron chi connectivity index (χ0n) is 16.1. The third-order valence-corrected chi connectivity index (χ3v) is 4.97. The van der Waals surface area contributed by atoms with Gasteiger partial charge in [-0.2, -0.15) is 0 Å². The molecule has 4 rings (SSSR count). The smallest absolute Gasteiger partial charge is 0.231 e. The molecule has 0 spiro atoms. The number of halogens is 1. The van der Waals surface area contributed by atoms with Crippen LogP contribution >= 0.6 is 11.6 Å². The summed E-state index contributed by atoms with van der Waals surface area (Å²) in [5.41, 5.74) is 3.14. The van der Waals surface area contributed by atoms with Gasteiger partial charge in [0.1, 0.15) is 5.75 Å². The van der Waals surface area contributed by atoms with Crippen molar-refractivity contribution in [2.24, 2.45) is 0 Å². The van der Waals surface area contributed by atoms with Crippen LogP contribution in [0, 0.1) is 0 Å². The standard InChI is InChI=1S/C21H20ClN3O4/c1-13(26)23-7-8-25-11-24-20(14-5-3-4-6-16(14)22)21(25)15-9-18-19(29-12-28-18)10-17(15)27-2/h3-6,9-11H,7-8,12H2,1-2H3,(H,23,26). The van der Waals surface area contributed by atoms with E-state index in [0.717, 1.165) is 22.5 Å². The number of aromatic nitrogens is 2. The summed E-state index contributed by atoms with van der Waals surface area (Å²) in [5, 5.41) is 3.41. The molecule has 0 fully saturated rings. The Morgan fingerprint density at radius 2 is 2.00 bits per heavy atom. The zero-order chi connectivity index (χ0) is 20.4. The van der Waals surface area contributed by atoms with Gasteiger partial charge >= 0.3 is 0 Å². The number of rotatable bonds is 6. The summed E-state index contributed by atoms with van der Waals surface area (Å²) in [4.78, 5) is 15.9. The second-order valence-electron chi connectivity index (χ2n) is 6.50. The van der Waals surface area contributed by atoms with Gasteiger partial charge < -0.3 is 24.1 Å². The number of methoxy groups -OCH3 is 1. The van der Waals surface area contributed by atoms with Crippen molar-refractivity contribution in [3.63, 3.8) is 0 Å². The lowest BCUT2D eigenvalue weighted by Crippen LogP contribution is -2.24. The lowest BCUT2D eigenvalue weighted by molar-refractivity contribution is -0.118. The van der Waals surface area contributed by atoms with Crippen molar-refractivity contribution in [2.75, 3.05) is 20.4 Å². The molecule has 2 heterocycles. The SMILES string of the molecule is COc1cc2c(cc1-c1c(-c3ccccc3Cl)ncn1CCNC(C)=O)OCO2. The second-order valence-corrected chi connectivity index (χ2v) is 6.91. The number of imidazole rings is 1. The van der Waals surface area contributed by atoms with Crippen LogP contribution in [-0.2, 0) is 11.3 Å². The minimum Gasteiger partial charge on any atom is -0.496 e. The van der Waals surface area contributed by atoms with Gasteiger partial charge in [-0.25, -0.2) is 4.98 Å². The number of amides is 1. The summed E-state index contributed by atoms with van der Waals surface area (Å²) < 4.78 is 18.6. The number of carbonyl (C=O) groups is 1. The maximum Gasteiger partial charge on any atom is 0.231 e. The van der Waals surface area contributed by atoms with Crippen LogP contribution < -0.4 is 19.5 Å². The topological polar surface area (TPSA) is 74.6 Å². The third kappa shape index (κ3) is 3.73. The first-order valence-corrected chi connectivity index (χ1v) is 9.48. The monoisotopic (exact) mass is 413 g/mol. The van der Waals surface area contributed by atoms with Crippen molar-refractivity contribution in [1.82, 2.24) is 14.9 Å². The van der Waals surface area contributed by atoms with Crippen molar-refractivity contribution in [2.45, 2.75) is 13.5 Å². The van der Waals surface area contributed by atoms with Gasteiger partial charge in [-0.15, -0.1) is 0 Å². The average molecular weight is 414 g/mol. The number of benzene rings is 2. The van der Waals surface area contributed by atoms with Crippen LogP contribution in [0.4, 0.5) is 0 Å². The van der Waals surface area contributed by atoms with Gasteiger partial charge in [-0.1, -0.05) is 29.8 Å². The molecule has 29 heavy (non-hydrogen) atoms. The third-order valence-electron chi connectivity index (χ3n) is 4.64. The molecule has 0 atom stereocenters. The van der Waals surface area contributed by atoms with Crippen molar-refractivity contribution >= 4 is 17.5 Å². The maximum atomic E-state index is 11.3. The number of ether oxygens (including phenoxy) is 3. The molecule has 8 heteroatoms. The Hall–Kier alpha value is -3.19. The quantitative estimate of drug-likeness (QED) is 0.666. The molecule has 0 saturated heterocycles. The van der Waals surface area contributed by atoms with E-state index in [9.17, 15) is 4.79 Å². The minimum atomic E-state index is -0.0846. The van der Waals surface area contributed by atoms with E-state index < -0.39 is 0 Å². The van der Waals surface area contributed by atoms with Crippen LogP contribution in [0.3, 0.4) is 0 Å². The van der Waals surface area contributed by atoms with E-state index in [1.807, 2.05) is 34.9 Å². The van der Waals surface area contributed by atoms with Gasteiger partial charge in [0.05, 0.1) is 29.8 Å². The molecule has 1 aliphatic rings. The van der Waals surface area contributed by atoms with Gasteiger partial charge in [-0.05, 0) is 12.1 Å². The number of hydrogen-bond acceptors (Lipinski definition) is 5. The molecule has 1 N–H and O–H groups in total. The Morgan fingerprint density at radius 1 is 1.24 bits per heavy atom. The molecule has 3 aromatic rings. The highest BCUT2D eigenvalue weighted by Gasteiger charge is 2.24. The number of fused-ring (bicyclic) bond motifs is 1. The summed E-state index contributed by atoms with van der Waals surface area (Å²) in [6, 6.07) is 11.2. The fraction of sp³-hybridized carbons (Fsp3) is 0.238. The lowest BCUT2D eigenvalue weighted by Gasteiger charge is -2.15. The molecule has 7 nitrogen and oxygen atoms in total. The van der Waals surface area contributed by atoms with Crippen LogP contribution in [0.2, 0.25) is 5.02 Å². The average Bonchev–Trinajstić information content (AvgIpc) is 3.33. The minimum absolute atomic E-state index is 0.0846. The highest BCUT2D eigenvalue weighted by Crippen LogP contribution is 2.45. The summed E-state index contributed by atoms with van der Waals surface area (Å²) in [5.74, 6) is 1.82. The second kappa shape index (κ2) is 8.05. The molecule has 0 unspecified atom stereocenters. The zero-order valence-corrected chi connectivity index (χ0v) is 16.8. The fourth-order valence-electron chi connectivity index (χ4n) is 3.31. The molecule has 0 aliphatic carbocycles. The molecule has 0 saturated carbocycles. The summed E-state index contributed by atoms with van der Waals surface area (Å²) >= 11 is 6.46.